The van der Waals surface area contributed by atoms with Crippen LogP contribution >= 0.6 is 0 Å². The van der Waals surface area contributed by atoms with Crippen LogP contribution in [0.1, 0.15) is 29.9 Å². The molecule has 0 saturated carbocycles. The van der Waals surface area contributed by atoms with E-state index in [2.05, 4.69) is 10.3 Å². The highest BCUT2D eigenvalue weighted by atomic mass is 19.1. The van der Waals surface area contributed by atoms with Crippen molar-refractivity contribution < 1.29 is 13.9 Å². The number of pyridine rings is 1. The van der Waals surface area contributed by atoms with Gasteiger partial charge in [-0.3, -0.25) is 9.78 Å². The minimum atomic E-state index is -0.290. The molecule has 3 aromatic rings. The molecule has 0 radical (unpaired) electrons. The topological polar surface area (TPSA) is 54.5 Å². The van der Waals surface area contributed by atoms with Gasteiger partial charge in [0, 0.05) is 31.2 Å². The zero-order chi connectivity index (χ0) is 20.4. The first-order valence-corrected chi connectivity index (χ1v) is 9.82. The zero-order valence-corrected chi connectivity index (χ0v) is 16.6. The Morgan fingerprint density at radius 1 is 1.17 bits per heavy atom. The molecule has 0 aliphatic carbocycles. The number of hydrogen-bond donors (Lipinski definition) is 1. The third kappa shape index (κ3) is 4.22. The van der Waals surface area contributed by atoms with Crippen molar-refractivity contribution in [2.45, 2.75) is 32.6 Å². The molecule has 1 N–H and O–H groups in total. The molecule has 0 spiro atoms. The standard InChI is InChI=1S/C23H24FN3O2/c1-15-13-27(14-16(2)29-15)21-8-7-17(11-20(21)24)12-26-23(28)22-19-6-4-3-5-18(19)9-10-25-22/h3-11,15-16H,12-14H2,1-2H3,(H,26,28). The summed E-state index contributed by atoms with van der Waals surface area (Å²) in [5.41, 5.74) is 1.64. The predicted molar refractivity (Wildman–Crippen MR) is 112 cm³/mol. The second-order valence-electron chi connectivity index (χ2n) is 7.51. The number of carbonyl (C=O) groups excluding carboxylic acids is 1. The third-order valence-corrected chi connectivity index (χ3v) is 5.11. The summed E-state index contributed by atoms with van der Waals surface area (Å²) in [4.78, 5) is 18.8. The monoisotopic (exact) mass is 393 g/mol. The minimum absolute atomic E-state index is 0.0605. The lowest BCUT2D eigenvalue weighted by molar-refractivity contribution is -0.00539. The van der Waals surface area contributed by atoms with Gasteiger partial charge in [0.25, 0.3) is 5.91 Å². The first-order chi connectivity index (χ1) is 14.0. The normalized spacial score (nSPS) is 19.3. The van der Waals surface area contributed by atoms with Crippen molar-refractivity contribution in [2.75, 3.05) is 18.0 Å². The van der Waals surface area contributed by atoms with Crippen LogP contribution in [0.4, 0.5) is 10.1 Å². The van der Waals surface area contributed by atoms with Crippen LogP contribution in [-0.4, -0.2) is 36.2 Å². The number of amides is 1. The van der Waals surface area contributed by atoms with Crippen LogP contribution in [0.25, 0.3) is 10.8 Å². The van der Waals surface area contributed by atoms with Crippen LogP contribution < -0.4 is 10.2 Å². The van der Waals surface area contributed by atoms with Gasteiger partial charge in [-0.1, -0.05) is 30.3 Å². The van der Waals surface area contributed by atoms with Gasteiger partial charge in [0.05, 0.1) is 17.9 Å². The van der Waals surface area contributed by atoms with E-state index in [1.165, 1.54) is 6.07 Å². The van der Waals surface area contributed by atoms with E-state index in [1.54, 1.807) is 12.3 Å². The van der Waals surface area contributed by atoms with E-state index < -0.39 is 0 Å². The lowest BCUT2D eigenvalue weighted by Crippen LogP contribution is -2.45. The van der Waals surface area contributed by atoms with E-state index in [4.69, 9.17) is 4.74 Å². The Bertz CT molecular complexity index is 1020. The van der Waals surface area contributed by atoms with Gasteiger partial charge in [0.15, 0.2) is 0 Å². The van der Waals surface area contributed by atoms with E-state index in [9.17, 15) is 9.18 Å². The van der Waals surface area contributed by atoms with Crippen molar-refractivity contribution in [3.63, 3.8) is 0 Å². The van der Waals surface area contributed by atoms with Crippen LogP contribution in [0.15, 0.2) is 54.7 Å². The Labute approximate surface area is 169 Å². The number of aromatic nitrogens is 1. The molecule has 2 heterocycles. The van der Waals surface area contributed by atoms with Crippen LogP contribution in [-0.2, 0) is 11.3 Å². The summed E-state index contributed by atoms with van der Waals surface area (Å²) in [5, 5.41) is 4.60. The number of anilines is 1. The van der Waals surface area contributed by atoms with Gasteiger partial charge in [0.2, 0.25) is 0 Å². The van der Waals surface area contributed by atoms with E-state index in [-0.39, 0.29) is 30.5 Å². The molecule has 1 fully saturated rings. The van der Waals surface area contributed by atoms with Gasteiger partial charge in [-0.2, -0.15) is 0 Å². The largest absolute Gasteiger partial charge is 0.372 e. The van der Waals surface area contributed by atoms with E-state index in [0.717, 1.165) is 10.8 Å². The average Bonchev–Trinajstić information content (AvgIpc) is 2.71. The van der Waals surface area contributed by atoms with Crippen molar-refractivity contribution in [3.05, 3.63) is 71.8 Å². The Balaban J connectivity index is 1.46. The highest BCUT2D eigenvalue weighted by molar-refractivity contribution is 6.05. The lowest BCUT2D eigenvalue weighted by Gasteiger charge is -2.37. The second-order valence-corrected chi connectivity index (χ2v) is 7.51. The first kappa shape index (κ1) is 19.3. The zero-order valence-electron chi connectivity index (χ0n) is 16.6. The molecule has 1 aliphatic heterocycles. The smallest absolute Gasteiger partial charge is 0.270 e. The molecule has 5 nitrogen and oxygen atoms in total. The molecule has 1 aromatic heterocycles. The Morgan fingerprint density at radius 3 is 2.69 bits per heavy atom. The molecule has 1 aliphatic rings. The van der Waals surface area contributed by atoms with E-state index in [1.807, 2.05) is 55.1 Å². The van der Waals surface area contributed by atoms with Crippen molar-refractivity contribution in [1.82, 2.24) is 10.3 Å². The Morgan fingerprint density at radius 2 is 1.93 bits per heavy atom. The fourth-order valence-electron chi connectivity index (χ4n) is 3.86. The van der Waals surface area contributed by atoms with Gasteiger partial charge < -0.3 is 15.0 Å². The molecule has 0 bridgehead atoms. The molecule has 1 amide bonds. The number of nitrogens with one attached hydrogen (secondary N) is 1. The summed E-state index contributed by atoms with van der Waals surface area (Å²) in [7, 11) is 0. The quantitative estimate of drug-likeness (QED) is 0.730. The molecule has 2 unspecified atom stereocenters. The summed E-state index contributed by atoms with van der Waals surface area (Å²) < 4.78 is 20.5. The predicted octanol–water partition coefficient (Wildman–Crippen LogP) is 3.92. The van der Waals surface area contributed by atoms with E-state index in [0.29, 0.717) is 30.0 Å². The van der Waals surface area contributed by atoms with Gasteiger partial charge >= 0.3 is 0 Å². The number of nitrogens with zero attached hydrogens (tertiary/aromatic N) is 2. The van der Waals surface area contributed by atoms with Crippen molar-refractivity contribution in [1.29, 1.82) is 0 Å². The number of carbonyl (C=O) groups is 1. The Hall–Kier alpha value is -2.99. The number of morpholine rings is 1. The molecule has 1 saturated heterocycles. The lowest BCUT2D eigenvalue weighted by atomic mass is 10.1. The number of hydrogen-bond acceptors (Lipinski definition) is 4. The Kier molecular flexibility index (Phi) is 5.45. The van der Waals surface area contributed by atoms with Crippen LogP contribution in [0.3, 0.4) is 0 Å². The van der Waals surface area contributed by atoms with Crippen LogP contribution in [0.2, 0.25) is 0 Å². The SMILES string of the molecule is CC1CN(c2ccc(CNC(=O)c3nccc4ccccc34)cc2F)CC(C)O1. The molecule has 150 valence electrons. The van der Waals surface area contributed by atoms with Gasteiger partial charge in [-0.05, 0) is 43.0 Å². The number of ether oxygens (including phenoxy) is 1. The number of halogens is 1. The van der Waals surface area contributed by atoms with Crippen molar-refractivity contribution in [2.24, 2.45) is 0 Å². The molecule has 6 heteroatoms. The molecule has 4 rings (SSSR count). The second kappa shape index (κ2) is 8.17. The van der Waals surface area contributed by atoms with Crippen LogP contribution in [0, 0.1) is 5.82 Å². The average molecular weight is 393 g/mol. The van der Waals surface area contributed by atoms with Crippen molar-refractivity contribution in [3.8, 4) is 0 Å². The maximum atomic E-state index is 14.7. The van der Waals surface area contributed by atoms with Crippen LogP contribution in [0.5, 0.6) is 0 Å². The van der Waals surface area contributed by atoms with Gasteiger partial charge in [-0.25, -0.2) is 4.39 Å². The van der Waals surface area contributed by atoms with E-state index >= 15 is 0 Å². The first-order valence-electron chi connectivity index (χ1n) is 9.82. The molecule has 2 atom stereocenters. The maximum absolute atomic E-state index is 14.7. The summed E-state index contributed by atoms with van der Waals surface area (Å²) >= 11 is 0. The number of benzene rings is 2. The van der Waals surface area contributed by atoms with Crippen molar-refractivity contribution >= 4 is 22.4 Å². The fraction of sp³-hybridized carbons (Fsp3) is 0.304. The number of rotatable bonds is 4. The summed E-state index contributed by atoms with van der Waals surface area (Å²) in [6, 6.07) is 14.6. The molecular weight excluding hydrogens is 369 g/mol. The minimum Gasteiger partial charge on any atom is -0.372 e. The summed E-state index contributed by atoms with van der Waals surface area (Å²) in [6.45, 7) is 5.53. The van der Waals surface area contributed by atoms with Gasteiger partial charge in [-0.15, -0.1) is 0 Å². The van der Waals surface area contributed by atoms with Gasteiger partial charge in [0.1, 0.15) is 11.5 Å². The number of fused-ring (bicyclic) bond motifs is 1. The maximum Gasteiger partial charge on any atom is 0.270 e. The summed E-state index contributed by atoms with van der Waals surface area (Å²) in [6.07, 6.45) is 1.74. The fourth-order valence-corrected chi connectivity index (χ4v) is 3.86. The highest BCUT2D eigenvalue weighted by Crippen LogP contribution is 2.24. The molecular formula is C23H24FN3O2. The summed E-state index contributed by atoms with van der Waals surface area (Å²) in [5.74, 6) is -0.566. The molecule has 2 aromatic carbocycles. The third-order valence-electron chi connectivity index (χ3n) is 5.11. The molecule has 29 heavy (non-hydrogen) atoms. The highest BCUT2D eigenvalue weighted by Gasteiger charge is 2.24.